The Labute approximate surface area is 206 Å². The van der Waals surface area contributed by atoms with E-state index in [0.717, 1.165) is 12.5 Å². The standard InChI is InChI=1S/C22H35Cl2N5O3Si/c1-14-10-15(11-29(14)21(30)32-22(2,3)4)25-18-17-16(23)12-28(19(17)27-20(24)26-18)13-31-8-9-33(5,6)7/h12,14-15H,8-11,13H2,1-7H3,(H,25,26,27)/t14-,15+/m0/s1. The molecule has 3 rings (SSSR count). The van der Waals surface area contributed by atoms with E-state index < -0.39 is 13.7 Å². The van der Waals surface area contributed by atoms with Crippen molar-refractivity contribution in [2.75, 3.05) is 18.5 Å². The Morgan fingerprint density at radius 1 is 1.27 bits per heavy atom. The predicted octanol–water partition coefficient (Wildman–Crippen LogP) is 5.86. The van der Waals surface area contributed by atoms with Crippen LogP contribution in [0.5, 0.6) is 0 Å². The van der Waals surface area contributed by atoms with Crippen molar-refractivity contribution in [3.05, 3.63) is 16.5 Å². The second kappa shape index (κ2) is 9.97. The number of nitrogens with zero attached hydrogens (tertiary/aromatic N) is 4. The molecule has 11 heteroatoms. The van der Waals surface area contributed by atoms with E-state index in [1.807, 2.05) is 32.3 Å². The minimum Gasteiger partial charge on any atom is -0.444 e. The van der Waals surface area contributed by atoms with Gasteiger partial charge in [0.1, 0.15) is 18.1 Å². The zero-order valence-electron chi connectivity index (χ0n) is 20.5. The molecule has 0 saturated carbocycles. The molecule has 1 fully saturated rings. The highest BCUT2D eigenvalue weighted by Crippen LogP contribution is 2.33. The Hall–Kier alpha value is -1.55. The molecule has 0 radical (unpaired) electrons. The number of carbonyl (C=O) groups excluding carboxylic acids is 1. The van der Waals surface area contributed by atoms with E-state index in [0.29, 0.717) is 41.8 Å². The third-order valence-electron chi connectivity index (χ3n) is 5.41. The van der Waals surface area contributed by atoms with E-state index in [1.54, 1.807) is 11.1 Å². The summed E-state index contributed by atoms with van der Waals surface area (Å²) in [5.41, 5.74) is 0.0768. The number of likely N-dealkylation sites (tertiary alicyclic amines) is 1. The lowest BCUT2D eigenvalue weighted by Gasteiger charge is -2.27. The van der Waals surface area contributed by atoms with Gasteiger partial charge in [0.05, 0.1) is 10.4 Å². The highest BCUT2D eigenvalue weighted by Gasteiger charge is 2.35. The summed E-state index contributed by atoms with van der Waals surface area (Å²) in [6.45, 7) is 16.1. The average Bonchev–Trinajstić information content (AvgIpc) is 3.16. The number of rotatable bonds is 7. The zero-order chi connectivity index (χ0) is 24.6. The molecule has 0 aromatic carbocycles. The number of halogens is 2. The second-order valence-corrected chi connectivity index (χ2v) is 17.3. The van der Waals surface area contributed by atoms with Crippen molar-refractivity contribution in [2.45, 2.75) is 84.2 Å². The van der Waals surface area contributed by atoms with Gasteiger partial charge in [-0.05, 0) is 51.8 Å². The topological polar surface area (TPSA) is 81.5 Å². The average molecular weight is 517 g/mol. The number of fused-ring (bicyclic) bond motifs is 1. The molecule has 1 saturated heterocycles. The highest BCUT2D eigenvalue weighted by atomic mass is 35.5. The number of amides is 1. The summed E-state index contributed by atoms with van der Waals surface area (Å²) in [5, 5.41) is 4.76. The van der Waals surface area contributed by atoms with Crippen LogP contribution in [0.2, 0.25) is 36.0 Å². The molecule has 0 bridgehead atoms. The van der Waals surface area contributed by atoms with Crippen LogP contribution in [0.25, 0.3) is 11.0 Å². The Kier molecular flexibility index (Phi) is 7.88. The van der Waals surface area contributed by atoms with Crippen LogP contribution >= 0.6 is 23.2 Å². The van der Waals surface area contributed by atoms with Crippen LogP contribution in [0.3, 0.4) is 0 Å². The molecule has 184 valence electrons. The maximum absolute atomic E-state index is 12.6. The summed E-state index contributed by atoms with van der Waals surface area (Å²) < 4.78 is 13.3. The molecule has 0 spiro atoms. The lowest BCUT2D eigenvalue weighted by atomic mass is 10.2. The maximum Gasteiger partial charge on any atom is 0.410 e. The van der Waals surface area contributed by atoms with Gasteiger partial charge < -0.3 is 24.3 Å². The number of carbonyl (C=O) groups is 1. The quantitative estimate of drug-likeness (QED) is 0.282. The molecule has 8 nitrogen and oxygen atoms in total. The molecule has 2 aromatic heterocycles. The fourth-order valence-electron chi connectivity index (χ4n) is 3.76. The van der Waals surface area contributed by atoms with Crippen LogP contribution in [0.15, 0.2) is 6.20 Å². The summed E-state index contributed by atoms with van der Waals surface area (Å²) >= 11 is 12.8. The van der Waals surface area contributed by atoms with E-state index in [2.05, 4.69) is 34.9 Å². The van der Waals surface area contributed by atoms with Gasteiger partial charge in [0.15, 0.2) is 5.65 Å². The number of hydrogen-bond acceptors (Lipinski definition) is 6. The van der Waals surface area contributed by atoms with E-state index in [1.165, 1.54) is 0 Å². The number of hydrogen-bond donors (Lipinski definition) is 1. The molecule has 1 aliphatic heterocycles. The van der Waals surface area contributed by atoms with E-state index >= 15 is 0 Å². The summed E-state index contributed by atoms with van der Waals surface area (Å²) in [6, 6.07) is 1.09. The smallest absolute Gasteiger partial charge is 0.410 e. The Morgan fingerprint density at radius 3 is 2.61 bits per heavy atom. The van der Waals surface area contributed by atoms with Gasteiger partial charge in [0.2, 0.25) is 5.28 Å². The first-order chi connectivity index (χ1) is 15.2. The monoisotopic (exact) mass is 515 g/mol. The minimum atomic E-state index is -1.17. The fraction of sp³-hybridized carbons (Fsp3) is 0.682. The van der Waals surface area contributed by atoms with Crippen LogP contribution in [-0.2, 0) is 16.2 Å². The first kappa shape index (κ1) is 26.1. The van der Waals surface area contributed by atoms with Crippen LogP contribution < -0.4 is 5.32 Å². The zero-order valence-corrected chi connectivity index (χ0v) is 23.0. The normalized spacial score (nSPS) is 19.4. The van der Waals surface area contributed by atoms with E-state index in [4.69, 9.17) is 32.7 Å². The molecular weight excluding hydrogens is 481 g/mol. The van der Waals surface area contributed by atoms with Gasteiger partial charge in [-0.2, -0.15) is 9.97 Å². The SMILES string of the molecule is C[C@H]1C[C@@H](Nc2nc(Cl)nc3c2c(Cl)cn3COCC[Si](C)(C)C)CN1C(=O)OC(C)(C)C. The molecular formula is C22H35Cl2N5O3Si. The van der Waals surface area contributed by atoms with Crippen molar-refractivity contribution in [3.8, 4) is 0 Å². The summed E-state index contributed by atoms with van der Waals surface area (Å²) in [4.78, 5) is 23.1. The van der Waals surface area contributed by atoms with Gasteiger partial charge in [-0.3, -0.25) is 0 Å². The third-order valence-corrected chi connectivity index (χ3v) is 7.57. The number of aromatic nitrogens is 3. The minimum absolute atomic E-state index is 0.0194. The Bertz CT molecular complexity index is 1000. The van der Waals surface area contributed by atoms with Gasteiger partial charge >= 0.3 is 6.09 Å². The number of ether oxygens (including phenoxy) is 2. The summed E-state index contributed by atoms with van der Waals surface area (Å²) in [5.74, 6) is 0.555. The fourth-order valence-corrected chi connectivity index (χ4v) is 4.97. The van der Waals surface area contributed by atoms with Crippen molar-refractivity contribution in [1.82, 2.24) is 19.4 Å². The second-order valence-electron chi connectivity index (χ2n) is 10.9. The molecule has 2 atom stereocenters. The van der Waals surface area contributed by atoms with Crippen LogP contribution in [0, 0.1) is 0 Å². The van der Waals surface area contributed by atoms with Gasteiger partial charge in [0.25, 0.3) is 0 Å². The van der Waals surface area contributed by atoms with Gasteiger partial charge in [-0.25, -0.2) is 4.79 Å². The number of anilines is 1. The van der Waals surface area contributed by atoms with Crippen LogP contribution in [0.1, 0.15) is 34.1 Å². The first-order valence-electron chi connectivity index (χ1n) is 11.3. The van der Waals surface area contributed by atoms with Crippen molar-refractivity contribution >= 4 is 54.2 Å². The molecule has 0 aliphatic carbocycles. The van der Waals surface area contributed by atoms with Gasteiger partial charge in [-0.1, -0.05) is 31.2 Å². The third kappa shape index (κ3) is 6.97. The molecule has 1 N–H and O–H groups in total. The largest absolute Gasteiger partial charge is 0.444 e. The lowest BCUT2D eigenvalue weighted by Crippen LogP contribution is -2.39. The number of nitrogens with one attached hydrogen (secondary N) is 1. The molecule has 0 unspecified atom stereocenters. The Balaban J connectivity index is 1.75. The summed E-state index contributed by atoms with van der Waals surface area (Å²) in [7, 11) is -1.17. The van der Waals surface area contributed by atoms with Crippen LogP contribution in [0.4, 0.5) is 10.6 Å². The van der Waals surface area contributed by atoms with Crippen molar-refractivity contribution in [3.63, 3.8) is 0 Å². The Morgan fingerprint density at radius 2 is 1.97 bits per heavy atom. The lowest BCUT2D eigenvalue weighted by molar-refractivity contribution is 0.0238. The van der Waals surface area contributed by atoms with Gasteiger partial charge in [0, 0.05) is 39.5 Å². The van der Waals surface area contributed by atoms with E-state index in [-0.39, 0.29) is 23.5 Å². The van der Waals surface area contributed by atoms with Crippen molar-refractivity contribution in [1.29, 1.82) is 0 Å². The van der Waals surface area contributed by atoms with Crippen molar-refractivity contribution in [2.24, 2.45) is 0 Å². The molecule has 1 amide bonds. The predicted molar refractivity (Wildman–Crippen MR) is 136 cm³/mol. The highest BCUT2D eigenvalue weighted by molar-refractivity contribution is 6.76. The van der Waals surface area contributed by atoms with Crippen LogP contribution in [-0.4, -0.2) is 64.4 Å². The summed E-state index contributed by atoms with van der Waals surface area (Å²) in [6.07, 6.45) is 2.23. The first-order valence-corrected chi connectivity index (χ1v) is 15.8. The maximum atomic E-state index is 12.6. The molecule has 2 aromatic rings. The van der Waals surface area contributed by atoms with E-state index in [9.17, 15) is 4.79 Å². The van der Waals surface area contributed by atoms with Gasteiger partial charge in [-0.15, -0.1) is 0 Å². The molecule has 3 heterocycles. The molecule has 33 heavy (non-hydrogen) atoms. The van der Waals surface area contributed by atoms with Crippen molar-refractivity contribution < 1.29 is 14.3 Å². The molecule has 1 aliphatic rings.